The van der Waals surface area contributed by atoms with Crippen LogP contribution in [0.2, 0.25) is 0 Å². The van der Waals surface area contributed by atoms with Crippen LogP contribution in [-0.4, -0.2) is 62.0 Å². The first-order valence-electron chi connectivity index (χ1n) is 14.2. The molecule has 3 aliphatic rings. The molecule has 1 aliphatic heterocycles. The minimum absolute atomic E-state index is 0.0940. The molecular weight excluding hydrogens is 555 g/mol. The van der Waals surface area contributed by atoms with Crippen LogP contribution in [-0.2, 0) is 27.3 Å². The van der Waals surface area contributed by atoms with Gasteiger partial charge in [-0.15, -0.1) is 0 Å². The SMILES string of the molecule is CCn1nccc1C(=O)NC(c1cn2nc(CC3(C(=O)OC)C(=O)NCC3C(F)(F)F)ccc2n1)C(C1CC1)C1CC1. The van der Waals surface area contributed by atoms with Crippen LogP contribution in [0.15, 0.2) is 30.6 Å². The smallest absolute Gasteiger partial charge is 0.395 e. The number of carbonyl (C=O) groups excluding carboxylic acids is 3. The van der Waals surface area contributed by atoms with E-state index in [9.17, 15) is 27.6 Å². The summed E-state index contributed by atoms with van der Waals surface area (Å²) in [6.07, 6.45) is 2.13. The minimum Gasteiger partial charge on any atom is -0.468 e. The third-order valence-electron chi connectivity index (χ3n) is 8.84. The first-order valence-corrected chi connectivity index (χ1v) is 14.2. The molecule has 1 saturated heterocycles. The van der Waals surface area contributed by atoms with Crippen molar-refractivity contribution in [2.75, 3.05) is 13.7 Å². The Balaban J connectivity index is 1.35. The van der Waals surface area contributed by atoms with Gasteiger partial charge in [0.15, 0.2) is 11.1 Å². The zero-order chi connectivity index (χ0) is 29.8. The summed E-state index contributed by atoms with van der Waals surface area (Å²) >= 11 is 0. The van der Waals surface area contributed by atoms with Crippen molar-refractivity contribution in [3.8, 4) is 0 Å². The molecule has 224 valence electrons. The number of alkyl halides is 3. The van der Waals surface area contributed by atoms with Gasteiger partial charge in [-0.05, 0) is 68.6 Å². The molecule has 0 bridgehead atoms. The molecule has 3 aromatic heterocycles. The van der Waals surface area contributed by atoms with E-state index in [-0.39, 0.29) is 17.5 Å². The van der Waals surface area contributed by atoms with Gasteiger partial charge in [0.2, 0.25) is 5.91 Å². The fraction of sp³-hybridized carbons (Fsp3) is 0.571. The molecular formula is C28H32F3N7O4. The molecule has 2 aliphatic carbocycles. The molecule has 42 heavy (non-hydrogen) atoms. The highest BCUT2D eigenvalue weighted by molar-refractivity contribution is 6.05. The number of ether oxygens (including phenoxy) is 1. The summed E-state index contributed by atoms with van der Waals surface area (Å²) in [6, 6.07) is 4.31. The molecule has 2 saturated carbocycles. The van der Waals surface area contributed by atoms with Crippen LogP contribution in [0, 0.1) is 29.1 Å². The van der Waals surface area contributed by atoms with Crippen LogP contribution in [0.4, 0.5) is 13.2 Å². The normalized spacial score (nSPS) is 23.3. The number of fused-ring (bicyclic) bond motifs is 1. The average molecular weight is 588 g/mol. The Labute approximate surface area is 239 Å². The number of halogens is 3. The van der Waals surface area contributed by atoms with Crippen LogP contribution >= 0.6 is 0 Å². The Morgan fingerprint density at radius 3 is 2.52 bits per heavy atom. The molecule has 3 fully saturated rings. The van der Waals surface area contributed by atoms with Crippen molar-refractivity contribution < 1.29 is 32.3 Å². The maximum absolute atomic E-state index is 14.0. The Kier molecular flexibility index (Phi) is 6.97. The monoisotopic (exact) mass is 587 g/mol. The third kappa shape index (κ3) is 4.90. The summed E-state index contributed by atoms with van der Waals surface area (Å²) in [7, 11) is 0.958. The number of hydrogen-bond acceptors (Lipinski definition) is 7. The topological polar surface area (TPSA) is 133 Å². The maximum Gasteiger partial charge on any atom is 0.395 e. The Morgan fingerprint density at radius 1 is 1.19 bits per heavy atom. The van der Waals surface area contributed by atoms with Crippen molar-refractivity contribution in [3.63, 3.8) is 0 Å². The van der Waals surface area contributed by atoms with Crippen LogP contribution < -0.4 is 10.6 Å². The third-order valence-corrected chi connectivity index (χ3v) is 8.84. The molecule has 11 nitrogen and oxygen atoms in total. The van der Waals surface area contributed by atoms with Crippen LogP contribution in [0.1, 0.15) is 60.5 Å². The van der Waals surface area contributed by atoms with Crippen molar-refractivity contribution in [2.24, 2.45) is 29.1 Å². The lowest BCUT2D eigenvalue weighted by atomic mass is 9.73. The van der Waals surface area contributed by atoms with Crippen molar-refractivity contribution in [2.45, 2.75) is 57.8 Å². The van der Waals surface area contributed by atoms with Gasteiger partial charge in [0, 0.05) is 25.7 Å². The Hall–Kier alpha value is -3.97. The molecule has 14 heteroatoms. The van der Waals surface area contributed by atoms with E-state index in [4.69, 9.17) is 9.72 Å². The van der Waals surface area contributed by atoms with Crippen LogP contribution in [0.3, 0.4) is 0 Å². The molecule has 0 aromatic carbocycles. The summed E-state index contributed by atoms with van der Waals surface area (Å²) in [5.74, 6) is -3.72. The van der Waals surface area contributed by atoms with Gasteiger partial charge in [0.25, 0.3) is 5.91 Å². The zero-order valence-electron chi connectivity index (χ0n) is 23.2. The number of amides is 2. The van der Waals surface area contributed by atoms with Gasteiger partial charge in [-0.25, -0.2) is 9.50 Å². The summed E-state index contributed by atoms with van der Waals surface area (Å²) in [6.45, 7) is 1.72. The zero-order valence-corrected chi connectivity index (χ0v) is 23.2. The molecule has 4 heterocycles. The molecule has 3 atom stereocenters. The van der Waals surface area contributed by atoms with E-state index in [1.54, 1.807) is 29.2 Å². The molecule has 3 aromatic rings. The first-order chi connectivity index (χ1) is 20.1. The molecule has 3 unspecified atom stereocenters. The number of aryl methyl sites for hydroxylation is 1. The van der Waals surface area contributed by atoms with Gasteiger partial charge in [-0.2, -0.15) is 23.4 Å². The van der Waals surface area contributed by atoms with Crippen molar-refractivity contribution in [1.82, 2.24) is 35.0 Å². The lowest BCUT2D eigenvalue weighted by Crippen LogP contribution is -2.50. The molecule has 6 rings (SSSR count). The maximum atomic E-state index is 14.0. The number of nitrogens with zero attached hydrogens (tertiary/aromatic N) is 5. The van der Waals surface area contributed by atoms with E-state index < -0.39 is 48.4 Å². The van der Waals surface area contributed by atoms with Crippen molar-refractivity contribution in [1.29, 1.82) is 0 Å². The second-order valence-electron chi connectivity index (χ2n) is 11.5. The van der Waals surface area contributed by atoms with E-state index in [0.717, 1.165) is 32.8 Å². The van der Waals surface area contributed by atoms with Gasteiger partial charge >= 0.3 is 12.1 Å². The van der Waals surface area contributed by atoms with Crippen molar-refractivity contribution >= 4 is 23.4 Å². The predicted molar refractivity (Wildman–Crippen MR) is 141 cm³/mol. The number of imidazole rings is 1. The highest BCUT2D eigenvalue weighted by Crippen LogP contribution is 2.54. The number of esters is 1. The summed E-state index contributed by atoms with van der Waals surface area (Å²) in [5, 5.41) is 14.1. The molecule has 0 radical (unpaired) electrons. The van der Waals surface area contributed by atoms with E-state index in [2.05, 4.69) is 20.8 Å². The lowest BCUT2D eigenvalue weighted by Gasteiger charge is -2.30. The van der Waals surface area contributed by atoms with E-state index in [0.29, 0.717) is 35.4 Å². The summed E-state index contributed by atoms with van der Waals surface area (Å²) in [5.41, 5.74) is -0.948. The summed E-state index contributed by atoms with van der Waals surface area (Å²) < 4.78 is 49.7. The highest BCUT2D eigenvalue weighted by Gasteiger charge is 2.66. The van der Waals surface area contributed by atoms with E-state index in [1.807, 2.05) is 6.92 Å². The molecule has 2 amide bonds. The second kappa shape index (κ2) is 10.4. The lowest BCUT2D eigenvalue weighted by molar-refractivity contribution is -0.206. The fourth-order valence-corrected chi connectivity index (χ4v) is 6.49. The summed E-state index contributed by atoms with van der Waals surface area (Å²) in [4.78, 5) is 43.7. The fourth-order valence-electron chi connectivity index (χ4n) is 6.49. The standard InChI is InChI=1S/C28H32F3N7O4/c1-3-37-19(10-11-33-37)24(39)35-23(22(15-4-5-15)16-6-7-16)18-14-38-21(34-18)9-8-17(36-38)12-27(26(41)42-2)20(28(29,30)31)13-32-25(27)40/h8-11,14-16,20,22-23H,3-7,12-13H2,1-2H3,(H,32,40)(H,35,39). The Bertz CT molecular complexity index is 1510. The number of aromatic nitrogens is 5. The number of rotatable bonds is 10. The molecule has 0 spiro atoms. The Morgan fingerprint density at radius 2 is 1.90 bits per heavy atom. The minimum atomic E-state index is -4.82. The number of hydrogen-bond donors (Lipinski definition) is 2. The quantitative estimate of drug-likeness (QED) is 0.275. The van der Waals surface area contributed by atoms with Gasteiger partial charge in [-0.1, -0.05) is 0 Å². The largest absolute Gasteiger partial charge is 0.468 e. The highest BCUT2D eigenvalue weighted by atomic mass is 19.4. The van der Waals surface area contributed by atoms with Gasteiger partial charge in [0.05, 0.1) is 36.7 Å². The van der Waals surface area contributed by atoms with E-state index >= 15 is 0 Å². The van der Waals surface area contributed by atoms with Gasteiger partial charge in [0.1, 0.15) is 5.69 Å². The van der Waals surface area contributed by atoms with Crippen molar-refractivity contribution in [3.05, 3.63) is 47.7 Å². The van der Waals surface area contributed by atoms with Gasteiger partial charge < -0.3 is 15.4 Å². The van der Waals surface area contributed by atoms with Gasteiger partial charge in [-0.3, -0.25) is 19.1 Å². The first kappa shape index (κ1) is 28.2. The number of nitrogens with one attached hydrogen (secondary N) is 2. The van der Waals surface area contributed by atoms with Crippen LogP contribution in [0.25, 0.3) is 5.65 Å². The number of carbonyl (C=O) groups is 3. The average Bonchev–Trinajstić information content (AvgIpc) is 3.85. The molecule has 2 N–H and O–H groups in total. The van der Waals surface area contributed by atoms with E-state index in [1.165, 1.54) is 10.6 Å². The second-order valence-corrected chi connectivity index (χ2v) is 11.5. The van der Waals surface area contributed by atoms with Crippen LogP contribution in [0.5, 0.6) is 0 Å². The number of methoxy groups -OCH3 is 1. The predicted octanol–water partition coefficient (Wildman–Crippen LogP) is 2.86.